The van der Waals surface area contributed by atoms with Gasteiger partial charge in [0.25, 0.3) is 0 Å². The number of hydrogen-bond donors (Lipinski definition) is 1. The van der Waals surface area contributed by atoms with Crippen molar-refractivity contribution in [2.24, 2.45) is 0 Å². The third kappa shape index (κ3) is 4.22. The fourth-order valence-corrected chi connectivity index (χ4v) is 1.98. The third-order valence-electron chi connectivity index (χ3n) is 2.95. The molecule has 1 aromatic carbocycles. The molecule has 0 saturated heterocycles. The lowest BCUT2D eigenvalue weighted by molar-refractivity contribution is -0.274. The van der Waals surface area contributed by atoms with Crippen molar-refractivity contribution in [3.63, 3.8) is 0 Å². The van der Waals surface area contributed by atoms with E-state index in [0.717, 1.165) is 0 Å². The second kappa shape index (κ2) is 6.57. The highest BCUT2D eigenvalue weighted by Gasteiger charge is 2.31. The van der Waals surface area contributed by atoms with Gasteiger partial charge in [-0.1, -0.05) is 12.1 Å². The minimum absolute atomic E-state index is 0.259. The van der Waals surface area contributed by atoms with Crippen molar-refractivity contribution in [1.29, 1.82) is 0 Å². The van der Waals surface area contributed by atoms with Crippen molar-refractivity contribution in [1.82, 2.24) is 19.7 Å². The Bertz CT molecular complexity index is 804. The van der Waals surface area contributed by atoms with Gasteiger partial charge < -0.3 is 10.1 Å². The largest absolute Gasteiger partial charge is 0.573 e. The standard InChI is InChI=1S/C15H12F3N5O/c16-15(17,18)24-12-4-1-3-11(9-12)10-21-13-5-8-23(22-13)14-19-6-2-7-20-14/h1-9H,10H2,(H,21,22). The highest BCUT2D eigenvalue weighted by molar-refractivity contribution is 5.37. The van der Waals surface area contributed by atoms with E-state index in [1.807, 2.05) is 0 Å². The molecule has 9 heteroatoms. The SMILES string of the molecule is FC(F)(F)Oc1cccc(CNc2ccn(-c3ncccn3)n2)c1. The van der Waals surface area contributed by atoms with Crippen LogP contribution in [0.25, 0.3) is 5.95 Å². The Morgan fingerprint density at radius 1 is 1.08 bits per heavy atom. The van der Waals surface area contributed by atoms with Crippen LogP contribution < -0.4 is 10.1 Å². The van der Waals surface area contributed by atoms with E-state index in [-0.39, 0.29) is 5.75 Å². The Morgan fingerprint density at radius 3 is 2.62 bits per heavy atom. The van der Waals surface area contributed by atoms with Crippen LogP contribution in [-0.4, -0.2) is 26.1 Å². The predicted molar refractivity (Wildman–Crippen MR) is 79.6 cm³/mol. The topological polar surface area (TPSA) is 64.9 Å². The molecule has 2 heterocycles. The lowest BCUT2D eigenvalue weighted by Crippen LogP contribution is -2.17. The lowest BCUT2D eigenvalue weighted by Gasteiger charge is -2.10. The molecular weight excluding hydrogens is 323 g/mol. The maximum absolute atomic E-state index is 12.2. The zero-order chi connectivity index (χ0) is 17.0. The van der Waals surface area contributed by atoms with Crippen molar-refractivity contribution in [3.8, 4) is 11.7 Å². The van der Waals surface area contributed by atoms with Crippen molar-refractivity contribution in [3.05, 3.63) is 60.6 Å². The first-order valence-corrected chi connectivity index (χ1v) is 6.91. The first-order valence-electron chi connectivity index (χ1n) is 6.91. The van der Waals surface area contributed by atoms with Gasteiger partial charge in [0.15, 0.2) is 0 Å². The van der Waals surface area contributed by atoms with E-state index >= 15 is 0 Å². The molecule has 1 N–H and O–H groups in total. The second-order valence-electron chi connectivity index (χ2n) is 4.74. The van der Waals surface area contributed by atoms with E-state index in [1.165, 1.54) is 22.9 Å². The van der Waals surface area contributed by atoms with Gasteiger partial charge >= 0.3 is 6.36 Å². The molecule has 2 aromatic heterocycles. The number of nitrogens with one attached hydrogen (secondary N) is 1. The number of rotatable bonds is 5. The molecule has 0 spiro atoms. The third-order valence-corrected chi connectivity index (χ3v) is 2.95. The molecule has 3 aromatic rings. The van der Waals surface area contributed by atoms with Crippen LogP contribution in [0.15, 0.2) is 55.0 Å². The first-order chi connectivity index (χ1) is 11.5. The number of nitrogens with zero attached hydrogens (tertiary/aromatic N) is 4. The van der Waals surface area contributed by atoms with Crippen LogP contribution in [-0.2, 0) is 6.54 Å². The maximum Gasteiger partial charge on any atom is 0.573 e. The number of hydrogen-bond acceptors (Lipinski definition) is 5. The van der Waals surface area contributed by atoms with Crippen LogP contribution in [0.1, 0.15) is 5.56 Å². The zero-order valence-electron chi connectivity index (χ0n) is 12.2. The maximum atomic E-state index is 12.2. The number of anilines is 1. The Hall–Kier alpha value is -3.10. The summed E-state index contributed by atoms with van der Waals surface area (Å²) in [5.74, 6) is 0.709. The molecule has 24 heavy (non-hydrogen) atoms. The van der Waals surface area contributed by atoms with Crippen LogP contribution >= 0.6 is 0 Å². The molecular formula is C15H12F3N5O. The summed E-state index contributed by atoms with van der Waals surface area (Å²) in [7, 11) is 0. The van der Waals surface area contributed by atoms with Gasteiger partial charge in [-0.2, -0.15) is 0 Å². The van der Waals surface area contributed by atoms with Gasteiger partial charge in [0, 0.05) is 31.2 Å². The summed E-state index contributed by atoms with van der Waals surface area (Å²) in [4.78, 5) is 8.13. The van der Waals surface area contributed by atoms with Crippen LogP contribution in [0.3, 0.4) is 0 Å². The number of aromatic nitrogens is 4. The fraction of sp³-hybridized carbons (Fsp3) is 0.133. The molecule has 3 rings (SSSR count). The van der Waals surface area contributed by atoms with Crippen molar-refractivity contribution < 1.29 is 17.9 Å². The van der Waals surface area contributed by atoms with Gasteiger partial charge in [-0.15, -0.1) is 18.3 Å². The molecule has 0 aliphatic heterocycles. The van der Waals surface area contributed by atoms with Gasteiger partial charge in [-0.05, 0) is 23.8 Å². The van der Waals surface area contributed by atoms with E-state index in [9.17, 15) is 13.2 Å². The van der Waals surface area contributed by atoms with Crippen LogP contribution in [0.5, 0.6) is 5.75 Å². The minimum atomic E-state index is -4.71. The van der Waals surface area contributed by atoms with Crippen molar-refractivity contribution in [2.45, 2.75) is 12.9 Å². The molecule has 0 saturated carbocycles. The summed E-state index contributed by atoms with van der Waals surface area (Å²) < 4.78 is 42.1. The van der Waals surface area contributed by atoms with Gasteiger partial charge in [0.05, 0.1) is 0 Å². The lowest BCUT2D eigenvalue weighted by atomic mass is 10.2. The van der Waals surface area contributed by atoms with E-state index in [4.69, 9.17) is 0 Å². The number of halogens is 3. The quantitative estimate of drug-likeness (QED) is 0.776. The molecule has 0 aliphatic carbocycles. The summed E-state index contributed by atoms with van der Waals surface area (Å²) in [6.45, 7) is 0.293. The summed E-state index contributed by atoms with van der Waals surface area (Å²) in [6.07, 6.45) is 0.174. The average molecular weight is 335 g/mol. The summed E-state index contributed by atoms with van der Waals surface area (Å²) in [5.41, 5.74) is 0.627. The van der Waals surface area contributed by atoms with Gasteiger partial charge in [0.1, 0.15) is 11.6 Å². The number of benzene rings is 1. The van der Waals surface area contributed by atoms with Gasteiger partial charge in [0.2, 0.25) is 5.95 Å². The normalized spacial score (nSPS) is 11.3. The molecule has 6 nitrogen and oxygen atoms in total. The highest BCUT2D eigenvalue weighted by Crippen LogP contribution is 2.23. The molecule has 124 valence electrons. The van der Waals surface area contributed by atoms with Crippen LogP contribution in [0.4, 0.5) is 19.0 Å². The Labute approximate surface area is 134 Å². The molecule has 0 amide bonds. The van der Waals surface area contributed by atoms with E-state index in [2.05, 4.69) is 25.1 Å². The number of alkyl halides is 3. The summed E-state index contributed by atoms with van der Waals surface area (Å²) in [6, 6.07) is 9.16. The molecule has 0 bridgehead atoms. The average Bonchev–Trinajstić information content (AvgIpc) is 3.01. The van der Waals surface area contributed by atoms with E-state index in [1.54, 1.807) is 36.8 Å². The Balaban J connectivity index is 1.64. The van der Waals surface area contributed by atoms with Crippen molar-refractivity contribution in [2.75, 3.05) is 5.32 Å². The van der Waals surface area contributed by atoms with Crippen LogP contribution in [0, 0.1) is 0 Å². The second-order valence-corrected chi connectivity index (χ2v) is 4.74. The Morgan fingerprint density at radius 2 is 1.88 bits per heavy atom. The van der Waals surface area contributed by atoms with Gasteiger partial charge in [-0.3, -0.25) is 0 Å². The monoisotopic (exact) mass is 335 g/mol. The smallest absolute Gasteiger partial charge is 0.406 e. The highest BCUT2D eigenvalue weighted by atomic mass is 19.4. The van der Waals surface area contributed by atoms with Gasteiger partial charge in [-0.25, -0.2) is 14.6 Å². The summed E-state index contributed by atoms with van der Waals surface area (Å²) >= 11 is 0. The van der Waals surface area contributed by atoms with E-state index in [0.29, 0.717) is 23.9 Å². The minimum Gasteiger partial charge on any atom is -0.406 e. The molecule has 0 fully saturated rings. The van der Waals surface area contributed by atoms with Crippen LogP contribution in [0.2, 0.25) is 0 Å². The molecule has 0 unspecified atom stereocenters. The van der Waals surface area contributed by atoms with E-state index < -0.39 is 6.36 Å². The first kappa shape index (κ1) is 15.8. The Kier molecular flexibility index (Phi) is 4.32. The zero-order valence-corrected chi connectivity index (χ0v) is 12.2. The summed E-state index contributed by atoms with van der Waals surface area (Å²) in [5, 5.41) is 7.26. The number of ether oxygens (including phenoxy) is 1. The molecule has 0 atom stereocenters. The van der Waals surface area contributed by atoms with Crippen molar-refractivity contribution >= 4 is 5.82 Å². The molecule has 0 radical (unpaired) electrons. The molecule has 0 aliphatic rings. The fourth-order valence-electron chi connectivity index (χ4n) is 1.98. The predicted octanol–water partition coefficient (Wildman–Crippen LogP) is 3.17.